The van der Waals surface area contributed by atoms with Crippen molar-refractivity contribution in [1.29, 1.82) is 0 Å². The molecule has 0 nitrogen and oxygen atoms in total. The monoisotopic (exact) mass is 300 g/mol. The van der Waals surface area contributed by atoms with Crippen molar-refractivity contribution in [3.63, 3.8) is 0 Å². The third-order valence-corrected chi connectivity index (χ3v) is 4.89. The molecule has 0 aromatic heterocycles. The van der Waals surface area contributed by atoms with E-state index < -0.39 is 0 Å². The topological polar surface area (TPSA) is 0 Å². The Morgan fingerprint density at radius 2 is 1.32 bits per heavy atom. The summed E-state index contributed by atoms with van der Waals surface area (Å²) in [6, 6.07) is 28.5. The van der Waals surface area contributed by atoms with Crippen molar-refractivity contribution in [3.8, 4) is 11.1 Å². The second-order valence-corrected chi connectivity index (χ2v) is 6.33. The molecule has 0 N–H and O–H groups in total. The first-order valence-electron chi connectivity index (χ1n) is 7.41. The number of hydrogen-bond acceptors (Lipinski definition) is 1. The van der Waals surface area contributed by atoms with Crippen molar-refractivity contribution in [2.45, 2.75) is 4.90 Å². The van der Waals surface area contributed by atoms with Crippen LogP contribution in [0, 0.1) is 0 Å². The van der Waals surface area contributed by atoms with Gasteiger partial charge in [-0.2, -0.15) is 0 Å². The Hall–Kier alpha value is -2.25. The zero-order chi connectivity index (χ0) is 14.9. The third-order valence-electron chi connectivity index (χ3n) is 4.15. The van der Waals surface area contributed by atoms with Gasteiger partial charge in [0.1, 0.15) is 0 Å². The van der Waals surface area contributed by atoms with Crippen LogP contribution >= 0.6 is 11.8 Å². The Labute approximate surface area is 134 Å². The molecule has 0 saturated heterocycles. The molecule has 1 heteroatoms. The fraction of sp³-hybridized carbons (Fsp3) is 0.0476. The number of fused-ring (bicyclic) bond motifs is 2. The minimum absolute atomic E-state index is 1.28. The smallest absolute Gasteiger partial charge is 0.00695 e. The molecule has 22 heavy (non-hydrogen) atoms. The molecule has 0 aliphatic rings. The summed E-state index contributed by atoms with van der Waals surface area (Å²) in [4.78, 5) is 1.30. The second-order valence-electron chi connectivity index (χ2n) is 5.45. The Morgan fingerprint density at radius 3 is 2.05 bits per heavy atom. The molecule has 0 spiro atoms. The quantitative estimate of drug-likeness (QED) is 0.305. The maximum Gasteiger partial charge on any atom is 0.00695 e. The predicted molar refractivity (Wildman–Crippen MR) is 98.7 cm³/mol. The summed E-state index contributed by atoms with van der Waals surface area (Å²) in [5.74, 6) is 0. The molecule has 0 radical (unpaired) electrons. The summed E-state index contributed by atoms with van der Waals surface area (Å²) >= 11 is 1.78. The summed E-state index contributed by atoms with van der Waals surface area (Å²) in [6.45, 7) is 0. The van der Waals surface area contributed by atoms with Crippen LogP contribution in [0.4, 0.5) is 0 Å². The lowest BCUT2D eigenvalue weighted by Crippen LogP contribution is -1.83. The van der Waals surface area contributed by atoms with Gasteiger partial charge in [-0.05, 0) is 63.2 Å². The number of thioether (sulfide) groups is 1. The van der Waals surface area contributed by atoms with Gasteiger partial charge in [0, 0.05) is 4.90 Å². The summed E-state index contributed by atoms with van der Waals surface area (Å²) in [5, 5.41) is 5.20. The van der Waals surface area contributed by atoms with E-state index in [4.69, 9.17) is 0 Å². The number of benzene rings is 4. The van der Waals surface area contributed by atoms with E-state index in [9.17, 15) is 0 Å². The van der Waals surface area contributed by atoms with Crippen molar-refractivity contribution in [3.05, 3.63) is 78.9 Å². The molecule has 0 fully saturated rings. The van der Waals surface area contributed by atoms with Crippen molar-refractivity contribution >= 4 is 33.3 Å². The summed E-state index contributed by atoms with van der Waals surface area (Å²) < 4.78 is 0. The van der Waals surface area contributed by atoms with Crippen LogP contribution in [-0.2, 0) is 0 Å². The van der Waals surface area contributed by atoms with Crippen molar-refractivity contribution < 1.29 is 0 Å². The van der Waals surface area contributed by atoms with Gasteiger partial charge >= 0.3 is 0 Å². The lowest BCUT2D eigenvalue weighted by atomic mass is 9.96. The Balaban J connectivity index is 1.98. The highest BCUT2D eigenvalue weighted by atomic mass is 32.2. The first-order chi connectivity index (χ1) is 10.8. The Kier molecular flexibility index (Phi) is 3.36. The van der Waals surface area contributed by atoms with E-state index in [1.54, 1.807) is 11.8 Å². The molecule has 4 rings (SSSR count). The minimum Gasteiger partial charge on any atom is -0.130 e. The van der Waals surface area contributed by atoms with E-state index in [-0.39, 0.29) is 0 Å². The average Bonchev–Trinajstić information content (AvgIpc) is 2.59. The molecular weight excluding hydrogens is 284 g/mol. The second kappa shape index (κ2) is 5.51. The van der Waals surface area contributed by atoms with Crippen LogP contribution in [0.2, 0.25) is 0 Å². The van der Waals surface area contributed by atoms with E-state index in [0.29, 0.717) is 0 Å². The van der Waals surface area contributed by atoms with Crippen LogP contribution in [0.15, 0.2) is 83.8 Å². The highest BCUT2D eigenvalue weighted by Gasteiger charge is 2.05. The molecule has 0 amide bonds. The van der Waals surface area contributed by atoms with Crippen LogP contribution in [-0.4, -0.2) is 6.26 Å². The highest BCUT2D eigenvalue weighted by Crippen LogP contribution is 2.32. The van der Waals surface area contributed by atoms with Gasteiger partial charge in [0.25, 0.3) is 0 Å². The van der Waals surface area contributed by atoms with Crippen molar-refractivity contribution in [1.82, 2.24) is 0 Å². The molecule has 0 bridgehead atoms. The largest absolute Gasteiger partial charge is 0.130 e. The van der Waals surface area contributed by atoms with Crippen molar-refractivity contribution in [2.75, 3.05) is 6.26 Å². The molecule has 0 unspecified atom stereocenters. The van der Waals surface area contributed by atoms with Gasteiger partial charge in [-0.15, -0.1) is 11.8 Å². The van der Waals surface area contributed by atoms with Crippen LogP contribution in [0.3, 0.4) is 0 Å². The average molecular weight is 300 g/mol. The zero-order valence-electron chi connectivity index (χ0n) is 12.4. The molecule has 0 heterocycles. The first kappa shape index (κ1) is 13.4. The molecular formula is C21H16S. The molecule has 0 saturated carbocycles. The maximum atomic E-state index is 2.31. The fourth-order valence-corrected chi connectivity index (χ4v) is 3.40. The van der Waals surface area contributed by atoms with Gasteiger partial charge in [0.05, 0.1) is 0 Å². The fourth-order valence-electron chi connectivity index (χ4n) is 2.99. The predicted octanol–water partition coefficient (Wildman–Crippen LogP) is 6.38. The van der Waals surface area contributed by atoms with Gasteiger partial charge < -0.3 is 0 Å². The molecule has 106 valence electrons. The first-order valence-corrected chi connectivity index (χ1v) is 8.63. The molecule has 4 aromatic rings. The third kappa shape index (κ3) is 2.28. The van der Waals surface area contributed by atoms with Crippen LogP contribution in [0.1, 0.15) is 0 Å². The van der Waals surface area contributed by atoms with E-state index in [1.807, 2.05) is 0 Å². The van der Waals surface area contributed by atoms with Crippen LogP contribution < -0.4 is 0 Å². The van der Waals surface area contributed by atoms with Crippen molar-refractivity contribution in [2.24, 2.45) is 0 Å². The van der Waals surface area contributed by atoms with Gasteiger partial charge in [-0.25, -0.2) is 0 Å². The summed E-state index contributed by atoms with van der Waals surface area (Å²) in [5.41, 5.74) is 2.58. The van der Waals surface area contributed by atoms with E-state index in [0.717, 1.165) is 0 Å². The van der Waals surface area contributed by atoms with E-state index in [2.05, 4.69) is 85.1 Å². The number of rotatable bonds is 2. The van der Waals surface area contributed by atoms with Gasteiger partial charge in [-0.1, -0.05) is 54.6 Å². The van der Waals surface area contributed by atoms with E-state index in [1.165, 1.54) is 37.6 Å². The van der Waals surface area contributed by atoms with Gasteiger partial charge in [-0.3, -0.25) is 0 Å². The molecule has 0 aliphatic carbocycles. The standard InChI is InChI=1S/C21H16S/c1-22-19-11-9-15(10-12-19)20-8-4-7-18-13-16-5-2-3-6-17(16)14-21(18)20/h2-14H,1H3. The minimum atomic E-state index is 1.28. The van der Waals surface area contributed by atoms with E-state index >= 15 is 0 Å². The van der Waals surface area contributed by atoms with Crippen LogP contribution in [0.25, 0.3) is 32.7 Å². The summed E-state index contributed by atoms with van der Waals surface area (Å²) in [7, 11) is 0. The maximum absolute atomic E-state index is 2.31. The van der Waals surface area contributed by atoms with Gasteiger partial charge in [0.15, 0.2) is 0 Å². The lowest BCUT2D eigenvalue weighted by Gasteiger charge is -2.09. The summed E-state index contributed by atoms with van der Waals surface area (Å²) in [6.07, 6.45) is 2.11. The SMILES string of the molecule is CSc1ccc(-c2cccc3cc4ccccc4cc23)cc1. The van der Waals surface area contributed by atoms with Crippen LogP contribution in [0.5, 0.6) is 0 Å². The molecule has 0 aliphatic heterocycles. The lowest BCUT2D eigenvalue weighted by molar-refractivity contribution is 1.47. The number of hydrogen-bond donors (Lipinski definition) is 0. The normalized spacial score (nSPS) is 11.1. The zero-order valence-corrected chi connectivity index (χ0v) is 13.2. The van der Waals surface area contributed by atoms with Gasteiger partial charge in [0.2, 0.25) is 0 Å². The molecule has 4 aromatic carbocycles. The molecule has 0 atom stereocenters. The highest BCUT2D eigenvalue weighted by molar-refractivity contribution is 7.98. The Morgan fingerprint density at radius 1 is 0.636 bits per heavy atom. The Bertz CT molecular complexity index is 952.